The standard InChI is InChI=1S/C11H20N2/c1-11(2)7-4-6-10(11)13(3)9-5-8-12/h10H,4-7,9H2,1-3H3. The summed E-state index contributed by atoms with van der Waals surface area (Å²) >= 11 is 0. The van der Waals surface area contributed by atoms with Crippen LogP contribution in [0.15, 0.2) is 0 Å². The van der Waals surface area contributed by atoms with Gasteiger partial charge in [-0.2, -0.15) is 5.26 Å². The number of rotatable bonds is 3. The number of hydrogen-bond donors (Lipinski definition) is 0. The molecule has 0 amide bonds. The van der Waals surface area contributed by atoms with Crippen LogP contribution in [0.2, 0.25) is 0 Å². The van der Waals surface area contributed by atoms with Crippen LogP contribution in [0, 0.1) is 16.7 Å². The van der Waals surface area contributed by atoms with E-state index in [-0.39, 0.29) is 0 Å². The highest BCUT2D eigenvalue weighted by Gasteiger charge is 2.36. The third-order valence-electron chi connectivity index (χ3n) is 3.31. The van der Waals surface area contributed by atoms with Crippen molar-refractivity contribution in [1.82, 2.24) is 4.90 Å². The molecule has 0 bridgehead atoms. The molecule has 1 rings (SSSR count). The molecule has 1 saturated carbocycles. The van der Waals surface area contributed by atoms with E-state index in [1.165, 1.54) is 19.3 Å². The first kappa shape index (κ1) is 10.5. The molecule has 0 saturated heterocycles. The molecular formula is C11H20N2. The Morgan fingerprint density at radius 3 is 2.69 bits per heavy atom. The number of hydrogen-bond acceptors (Lipinski definition) is 2. The highest BCUT2D eigenvalue weighted by molar-refractivity contribution is 4.91. The molecular weight excluding hydrogens is 160 g/mol. The van der Waals surface area contributed by atoms with Crippen molar-refractivity contribution in [3.63, 3.8) is 0 Å². The van der Waals surface area contributed by atoms with Gasteiger partial charge in [-0.05, 0) is 25.3 Å². The van der Waals surface area contributed by atoms with Gasteiger partial charge in [0.05, 0.1) is 6.07 Å². The van der Waals surface area contributed by atoms with Crippen LogP contribution in [0.25, 0.3) is 0 Å². The Bertz CT molecular complexity index is 203. The van der Waals surface area contributed by atoms with Crippen molar-refractivity contribution >= 4 is 0 Å². The minimum absolute atomic E-state index is 0.449. The maximum absolute atomic E-state index is 8.51. The molecule has 0 aromatic carbocycles. The van der Waals surface area contributed by atoms with E-state index in [4.69, 9.17) is 5.26 Å². The van der Waals surface area contributed by atoms with Gasteiger partial charge in [0.15, 0.2) is 0 Å². The molecule has 1 aliphatic carbocycles. The topological polar surface area (TPSA) is 27.0 Å². The second-order valence-electron chi connectivity index (χ2n) is 4.79. The van der Waals surface area contributed by atoms with Gasteiger partial charge < -0.3 is 4.90 Å². The SMILES string of the molecule is CN(CCC#N)C1CCCC1(C)C. The highest BCUT2D eigenvalue weighted by atomic mass is 15.1. The maximum atomic E-state index is 8.51. The van der Waals surface area contributed by atoms with Crippen LogP contribution in [0.1, 0.15) is 39.5 Å². The maximum Gasteiger partial charge on any atom is 0.0635 e. The molecule has 0 aromatic heterocycles. The summed E-state index contributed by atoms with van der Waals surface area (Å²) in [7, 11) is 2.15. The molecule has 0 spiro atoms. The zero-order chi connectivity index (χ0) is 9.90. The Hall–Kier alpha value is -0.550. The predicted molar refractivity (Wildman–Crippen MR) is 54.3 cm³/mol. The molecule has 0 N–H and O–H groups in total. The van der Waals surface area contributed by atoms with Gasteiger partial charge in [0, 0.05) is 19.0 Å². The summed E-state index contributed by atoms with van der Waals surface area (Å²) in [5.74, 6) is 0. The molecule has 0 aromatic rings. The molecule has 2 nitrogen and oxygen atoms in total. The third kappa shape index (κ3) is 2.45. The van der Waals surface area contributed by atoms with E-state index in [0.717, 1.165) is 6.54 Å². The first-order chi connectivity index (χ1) is 6.08. The van der Waals surface area contributed by atoms with Crippen LogP contribution in [0.3, 0.4) is 0 Å². The van der Waals surface area contributed by atoms with Crippen LogP contribution >= 0.6 is 0 Å². The van der Waals surface area contributed by atoms with Crippen LogP contribution in [-0.2, 0) is 0 Å². The smallest absolute Gasteiger partial charge is 0.0635 e. The fourth-order valence-electron chi connectivity index (χ4n) is 2.51. The van der Waals surface area contributed by atoms with E-state index in [2.05, 4.69) is 31.9 Å². The quantitative estimate of drug-likeness (QED) is 0.667. The molecule has 1 fully saturated rings. The normalized spacial score (nSPS) is 26.2. The van der Waals surface area contributed by atoms with Gasteiger partial charge in [0.2, 0.25) is 0 Å². The van der Waals surface area contributed by atoms with Crippen molar-refractivity contribution in [3.8, 4) is 6.07 Å². The fraction of sp³-hybridized carbons (Fsp3) is 0.909. The van der Waals surface area contributed by atoms with Gasteiger partial charge in [-0.25, -0.2) is 0 Å². The summed E-state index contributed by atoms with van der Waals surface area (Å²) in [5.41, 5.74) is 0.449. The van der Waals surface area contributed by atoms with Crippen molar-refractivity contribution in [2.24, 2.45) is 5.41 Å². The lowest BCUT2D eigenvalue weighted by Gasteiger charge is -2.34. The van der Waals surface area contributed by atoms with Gasteiger partial charge in [-0.15, -0.1) is 0 Å². The second-order valence-corrected chi connectivity index (χ2v) is 4.79. The first-order valence-electron chi connectivity index (χ1n) is 5.15. The summed E-state index contributed by atoms with van der Waals surface area (Å²) < 4.78 is 0. The van der Waals surface area contributed by atoms with Crippen LogP contribution in [0.4, 0.5) is 0 Å². The molecule has 1 atom stereocenters. The molecule has 1 aliphatic rings. The number of nitriles is 1. The van der Waals surface area contributed by atoms with E-state index in [9.17, 15) is 0 Å². The molecule has 0 heterocycles. The van der Waals surface area contributed by atoms with Gasteiger partial charge >= 0.3 is 0 Å². The van der Waals surface area contributed by atoms with Crippen molar-refractivity contribution < 1.29 is 0 Å². The summed E-state index contributed by atoms with van der Waals surface area (Å²) in [6.45, 7) is 5.60. The van der Waals surface area contributed by atoms with Crippen LogP contribution < -0.4 is 0 Å². The predicted octanol–water partition coefficient (Wildman–Crippen LogP) is 2.41. The molecule has 1 unspecified atom stereocenters. The highest BCUT2D eigenvalue weighted by Crippen LogP contribution is 2.39. The molecule has 2 heteroatoms. The number of nitrogens with zero attached hydrogens (tertiary/aromatic N) is 2. The van der Waals surface area contributed by atoms with Gasteiger partial charge in [0.1, 0.15) is 0 Å². The lowest BCUT2D eigenvalue weighted by Crippen LogP contribution is -2.39. The minimum atomic E-state index is 0.449. The Labute approximate surface area is 81.5 Å². The van der Waals surface area contributed by atoms with E-state index in [1.54, 1.807) is 0 Å². The van der Waals surface area contributed by atoms with Crippen LogP contribution in [-0.4, -0.2) is 24.5 Å². The monoisotopic (exact) mass is 180 g/mol. The summed E-state index contributed by atoms with van der Waals surface area (Å²) in [6.07, 6.45) is 4.63. The van der Waals surface area contributed by atoms with E-state index >= 15 is 0 Å². The third-order valence-corrected chi connectivity index (χ3v) is 3.31. The lowest BCUT2D eigenvalue weighted by molar-refractivity contribution is 0.144. The van der Waals surface area contributed by atoms with E-state index in [0.29, 0.717) is 17.9 Å². The average Bonchev–Trinajstić information content (AvgIpc) is 2.41. The zero-order valence-electron chi connectivity index (χ0n) is 9.01. The first-order valence-corrected chi connectivity index (χ1v) is 5.15. The summed E-state index contributed by atoms with van der Waals surface area (Å²) in [4.78, 5) is 2.36. The van der Waals surface area contributed by atoms with Crippen molar-refractivity contribution in [2.75, 3.05) is 13.6 Å². The minimum Gasteiger partial charge on any atom is -0.302 e. The Morgan fingerprint density at radius 1 is 1.54 bits per heavy atom. The van der Waals surface area contributed by atoms with Crippen molar-refractivity contribution in [1.29, 1.82) is 5.26 Å². The van der Waals surface area contributed by atoms with Gasteiger partial charge in [0.25, 0.3) is 0 Å². The van der Waals surface area contributed by atoms with Gasteiger partial charge in [-0.3, -0.25) is 0 Å². The van der Waals surface area contributed by atoms with Crippen LogP contribution in [0.5, 0.6) is 0 Å². The molecule has 74 valence electrons. The van der Waals surface area contributed by atoms with Crippen molar-refractivity contribution in [3.05, 3.63) is 0 Å². The second kappa shape index (κ2) is 4.11. The average molecular weight is 180 g/mol. The van der Waals surface area contributed by atoms with Crippen molar-refractivity contribution in [2.45, 2.75) is 45.6 Å². The van der Waals surface area contributed by atoms with Gasteiger partial charge in [-0.1, -0.05) is 20.3 Å². The molecule has 0 aliphatic heterocycles. The Balaban J connectivity index is 2.47. The zero-order valence-corrected chi connectivity index (χ0v) is 9.01. The van der Waals surface area contributed by atoms with E-state index < -0.39 is 0 Å². The summed E-state index contributed by atoms with van der Waals surface area (Å²) in [6, 6.07) is 2.89. The molecule has 13 heavy (non-hydrogen) atoms. The Morgan fingerprint density at radius 2 is 2.23 bits per heavy atom. The molecule has 0 radical (unpaired) electrons. The van der Waals surface area contributed by atoms with E-state index in [1.807, 2.05) is 0 Å². The fourth-order valence-corrected chi connectivity index (χ4v) is 2.51. The summed E-state index contributed by atoms with van der Waals surface area (Å²) in [5, 5.41) is 8.51. The lowest BCUT2D eigenvalue weighted by atomic mass is 9.86. The largest absolute Gasteiger partial charge is 0.302 e. The Kier molecular flexibility index (Phi) is 3.33.